The molecule has 8 N–H and O–H groups in total. The first-order chi connectivity index (χ1) is 16.9. The second-order valence-corrected chi connectivity index (χ2v) is 8.80. The Bertz CT molecular complexity index is 845. The van der Waals surface area contributed by atoms with Crippen molar-refractivity contribution >= 4 is 17.8 Å². The van der Waals surface area contributed by atoms with E-state index in [1.54, 1.807) is 11.9 Å². The minimum absolute atomic E-state index is 0.000916. The Hall–Kier alpha value is -3.11. The van der Waals surface area contributed by atoms with Crippen LogP contribution in [0, 0.1) is 5.92 Å². The van der Waals surface area contributed by atoms with Gasteiger partial charge in [0, 0.05) is 51.4 Å². The lowest BCUT2D eigenvalue weighted by Crippen LogP contribution is -2.51. The van der Waals surface area contributed by atoms with Crippen molar-refractivity contribution in [2.75, 3.05) is 52.9 Å². The van der Waals surface area contributed by atoms with E-state index in [9.17, 15) is 9.59 Å². The normalized spacial score (nSPS) is 16.3. The number of nitrogens with two attached hydrogens (primary N) is 3. The number of nitrogens with zero attached hydrogens (tertiary/aromatic N) is 3. The molecule has 0 spiro atoms. The smallest absolute Gasteiger partial charge is 0.245 e. The lowest BCUT2D eigenvalue weighted by molar-refractivity contribution is -0.136. The third-order valence-corrected chi connectivity index (χ3v) is 6.27. The highest BCUT2D eigenvalue weighted by Gasteiger charge is 2.27. The van der Waals surface area contributed by atoms with Crippen LogP contribution >= 0.6 is 0 Å². The summed E-state index contributed by atoms with van der Waals surface area (Å²) in [5, 5.41) is 5.99. The van der Waals surface area contributed by atoms with E-state index in [2.05, 4.69) is 22.2 Å². The maximum atomic E-state index is 13.3. The molecule has 2 unspecified atom stereocenters. The van der Waals surface area contributed by atoms with Crippen LogP contribution in [0.5, 0.6) is 0 Å². The SMILES string of the molecule is C=C(NCC(=O)NC(CCCN)C(=O)N1CCCN(C(N)=NC)CC1)C(CN)Cc1ccccc1. The number of aliphatic imine (C=N–C) groups is 1. The summed E-state index contributed by atoms with van der Waals surface area (Å²) >= 11 is 0. The lowest BCUT2D eigenvalue weighted by atomic mass is 9.97. The molecule has 10 heteroatoms. The Morgan fingerprint density at radius 1 is 1.11 bits per heavy atom. The number of carbonyl (C=O) groups is 2. The maximum absolute atomic E-state index is 13.3. The third-order valence-electron chi connectivity index (χ3n) is 6.27. The molecule has 0 radical (unpaired) electrons. The monoisotopic (exact) mass is 486 g/mol. The predicted molar refractivity (Wildman–Crippen MR) is 140 cm³/mol. The van der Waals surface area contributed by atoms with Gasteiger partial charge in [-0.1, -0.05) is 36.9 Å². The van der Waals surface area contributed by atoms with Crippen molar-refractivity contribution in [3.63, 3.8) is 0 Å². The van der Waals surface area contributed by atoms with Gasteiger partial charge in [-0.25, -0.2) is 0 Å². The molecular weight excluding hydrogens is 444 g/mol. The fraction of sp³-hybridized carbons (Fsp3) is 0.560. The van der Waals surface area contributed by atoms with Gasteiger partial charge in [0.25, 0.3) is 0 Å². The zero-order valence-electron chi connectivity index (χ0n) is 20.9. The first kappa shape index (κ1) is 28.1. The number of guanidine groups is 1. The Morgan fingerprint density at radius 2 is 1.80 bits per heavy atom. The number of hydrogen-bond acceptors (Lipinski definition) is 6. The van der Waals surface area contributed by atoms with Crippen LogP contribution in [0.4, 0.5) is 0 Å². The summed E-state index contributed by atoms with van der Waals surface area (Å²) in [7, 11) is 1.65. The van der Waals surface area contributed by atoms with Gasteiger partial charge < -0.3 is 37.6 Å². The molecule has 2 amide bonds. The highest BCUT2D eigenvalue weighted by atomic mass is 16.2. The van der Waals surface area contributed by atoms with E-state index in [4.69, 9.17) is 17.2 Å². The van der Waals surface area contributed by atoms with Gasteiger partial charge in [-0.3, -0.25) is 14.6 Å². The molecule has 35 heavy (non-hydrogen) atoms. The second kappa shape index (κ2) is 15.0. The fourth-order valence-corrected chi connectivity index (χ4v) is 4.14. The number of rotatable bonds is 12. The molecule has 0 aromatic heterocycles. The molecule has 0 saturated carbocycles. The van der Waals surface area contributed by atoms with E-state index < -0.39 is 6.04 Å². The third kappa shape index (κ3) is 9.22. The maximum Gasteiger partial charge on any atom is 0.245 e. The van der Waals surface area contributed by atoms with Crippen LogP contribution in [0.25, 0.3) is 0 Å². The van der Waals surface area contributed by atoms with Gasteiger partial charge >= 0.3 is 0 Å². The molecule has 1 heterocycles. The zero-order chi connectivity index (χ0) is 25.6. The quantitative estimate of drug-likeness (QED) is 0.199. The van der Waals surface area contributed by atoms with Crippen LogP contribution in [-0.4, -0.2) is 86.5 Å². The van der Waals surface area contributed by atoms with Gasteiger partial charge in [-0.15, -0.1) is 0 Å². The highest BCUT2D eigenvalue weighted by molar-refractivity contribution is 5.88. The lowest BCUT2D eigenvalue weighted by Gasteiger charge is -2.27. The molecule has 1 aromatic carbocycles. The Labute approximate surface area is 209 Å². The number of nitrogens with one attached hydrogen (secondary N) is 2. The molecular formula is C25H42N8O2. The second-order valence-electron chi connectivity index (χ2n) is 8.80. The average Bonchev–Trinajstić information content (AvgIpc) is 3.14. The summed E-state index contributed by atoms with van der Waals surface area (Å²) in [6.07, 6.45) is 2.64. The molecule has 2 rings (SSSR count). The van der Waals surface area contributed by atoms with Crippen LogP contribution in [0.3, 0.4) is 0 Å². The van der Waals surface area contributed by atoms with Crippen molar-refractivity contribution in [3.05, 3.63) is 48.2 Å². The number of carbonyl (C=O) groups excluding carboxylic acids is 2. The molecule has 0 bridgehead atoms. The number of hydrogen-bond donors (Lipinski definition) is 5. The van der Waals surface area contributed by atoms with Gasteiger partial charge in [0.2, 0.25) is 11.8 Å². The predicted octanol–water partition coefficient (Wildman–Crippen LogP) is -0.390. The van der Waals surface area contributed by atoms with Crippen molar-refractivity contribution < 1.29 is 9.59 Å². The van der Waals surface area contributed by atoms with Crippen molar-refractivity contribution in [1.29, 1.82) is 0 Å². The van der Waals surface area contributed by atoms with E-state index in [0.717, 1.165) is 24.9 Å². The largest absolute Gasteiger partial charge is 0.380 e. The highest BCUT2D eigenvalue weighted by Crippen LogP contribution is 2.13. The Balaban J connectivity index is 1.91. The van der Waals surface area contributed by atoms with E-state index in [1.165, 1.54) is 0 Å². The number of amides is 2. The molecule has 0 aliphatic carbocycles. The van der Waals surface area contributed by atoms with E-state index in [1.807, 2.05) is 35.2 Å². The molecule has 194 valence electrons. The molecule has 1 aliphatic heterocycles. The number of benzene rings is 1. The van der Waals surface area contributed by atoms with Gasteiger partial charge in [0.05, 0.1) is 6.54 Å². The summed E-state index contributed by atoms with van der Waals surface area (Å²) in [5.74, 6) is 0.111. The summed E-state index contributed by atoms with van der Waals surface area (Å²) < 4.78 is 0. The summed E-state index contributed by atoms with van der Waals surface area (Å²) in [6, 6.07) is 9.40. The molecule has 2 atom stereocenters. The van der Waals surface area contributed by atoms with Gasteiger partial charge in [-0.2, -0.15) is 0 Å². The molecule has 10 nitrogen and oxygen atoms in total. The van der Waals surface area contributed by atoms with Crippen molar-refractivity contribution in [1.82, 2.24) is 20.4 Å². The Morgan fingerprint density at radius 3 is 2.46 bits per heavy atom. The minimum Gasteiger partial charge on any atom is -0.380 e. The van der Waals surface area contributed by atoms with Crippen molar-refractivity contribution in [2.45, 2.75) is 31.7 Å². The Kier molecular flexibility index (Phi) is 12.1. The van der Waals surface area contributed by atoms with Gasteiger partial charge in [0.15, 0.2) is 5.96 Å². The van der Waals surface area contributed by atoms with E-state index in [-0.39, 0.29) is 24.3 Å². The van der Waals surface area contributed by atoms with Crippen molar-refractivity contribution in [3.8, 4) is 0 Å². The first-order valence-corrected chi connectivity index (χ1v) is 12.3. The molecule has 1 aromatic rings. The van der Waals surface area contributed by atoms with Gasteiger partial charge in [0.1, 0.15) is 6.04 Å². The van der Waals surface area contributed by atoms with Crippen LogP contribution in [0.15, 0.2) is 47.6 Å². The van der Waals surface area contributed by atoms with Crippen LogP contribution in [0.1, 0.15) is 24.8 Å². The summed E-state index contributed by atoms with van der Waals surface area (Å²) in [4.78, 5) is 33.8. The van der Waals surface area contributed by atoms with Crippen LogP contribution in [-0.2, 0) is 16.0 Å². The van der Waals surface area contributed by atoms with E-state index in [0.29, 0.717) is 57.2 Å². The summed E-state index contributed by atoms with van der Waals surface area (Å²) in [6.45, 7) is 7.45. The summed E-state index contributed by atoms with van der Waals surface area (Å²) in [5.41, 5.74) is 19.4. The average molecular weight is 487 g/mol. The first-order valence-electron chi connectivity index (χ1n) is 12.3. The standard InChI is InChI=1S/C25H42N8O2/c1-19(21(17-27)16-20-8-4-3-5-9-20)30-18-23(34)31-22(10-6-11-26)24(35)32-12-7-13-33(15-14-32)25(28)29-2/h3-5,8-9,21-22,30H,1,6-7,10-18,26-27H2,2H3,(H2,28,29)(H,31,34). The van der Waals surface area contributed by atoms with Gasteiger partial charge in [-0.05, 0) is 37.8 Å². The van der Waals surface area contributed by atoms with Crippen molar-refractivity contribution in [2.24, 2.45) is 28.1 Å². The topological polar surface area (TPSA) is 155 Å². The molecule has 1 saturated heterocycles. The fourth-order valence-electron chi connectivity index (χ4n) is 4.14. The zero-order valence-corrected chi connectivity index (χ0v) is 20.9. The molecule has 1 aliphatic rings. The van der Waals surface area contributed by atoms with Crippen LogP contribution < -0.4 is 27.8 Å². The van der Waals surface area contributed by atoms with E-state index >= 15 is 0 Å². The molecule has 1 fully saturated rings. The minimum atomic E-state index is -0.625. The van der Waals surface area contributed by atoms with Crippen LogP contribution in [0.2, 0.25) is 0 Å².